The van der Waals surface area contributed by atoms with Crippen molar-refractivity contribution in [2.45, 2.75) is 38.7 Å². The molecule has 3 nitrogen and oxygen atoms in total. The van der Waals surface area contributed by atoms with Crippen molar-refractivity contribution in [1.29, 1.82) is 0 Å². The Balaban J connectivity index is 2.01. The molecule has 0 unspecified atom stereocenters. The monoisotopic (exact) mass is 284 g/mol. The van der Waals surface area contributed by atoms with Crippen LogP contribution in [0.25, 0.3) is 0 Å². The summed E-state index contributed by atoms with van der Waals surface area (Å²) in [6.07, 6.45) is 12.9. The minimum Gasteiger partial charge on any atom is -0.374 e. The second-order valence-electron chi connectivity index (χ2n) is 6.63. The molecule has 1 heterocycles. The van der Waals surface area contributed by atoms with Gasteiger partial charge in [-0.25, -0.2) is 0 Å². The molecule has 0 aromatic heterocycles. The smallest absolute Gasteiger partial charge is 0.159 e. The summed E-state index contributed by atoms with van der Waals surface area (Å²) in [5.74, 6) is 0.269. The highest BCUT2D eigenvalue weighted by Crippen LogP contribution is 2.51. The highest BCUT2D eigenvalue weighted by atomic mass is 16.5. The molecule has 3 heteroatoms. The van der Waals surface area contributed by atoms with Crippen molar-refractivity contribution in [3.05, 3.63) is 47.6 Å². The van der Waals surface area contributed by atoms with Gasteiger partial charge in [0.25, 0.3) is 0 Å². The molecule has 1 aliphatic heterocycles. The maximum Gasteiger partial charge on any atom is 0.159 e. The lowest BCUT2D eigenvalue weighted by atomic mass is 9.68. The number of rotatable bonds is 2. The molecule has 0 atom stereocenters. The topological polar surface area (TPSA) is 43.4 Å². The van der Waals surface area contributed by atoms with E-state index in [0.717, 1.165) is 17.6 Å². The standard InChI is InChI=1S/C18H20O3/c1-17(2)11-18(12-21-17,13-3-7-15(19)8-4-13)14-5-9-16(20)10-6-14/h3-7,9H,8,10-12H2,1-2H3. The van der Waals surface area contributed by atoms with Gasteiger partial charge in [0, 0.05) is 18.3 Å². The van der Waals surface area contributed by atoms with Crippen LogP contribution in [0.2, 0.25) is 0 Å². The largest absolute Gasteiger partial charge is 0.374 e. The van der Waals surface area contributed by atoms with Crippen molar-refractivity contribution >= 4 is 11.6 Å². The SMILES string of the molecule is CC1(C)CC(C2=CCC(=O)C=C2)(C2=CCC(=O)C=C2)CO1. The van der Waals surface area contributed by atoms with Gasteiger partial charge in [0.1, 0.15) is 0 Å². The number of ether oxygens (including phenoxy) is 1. The van der Waals surface area contributed by atoms with Gasteiger partial charge in [-0.2, -0.15) is 0 Å². The van der Waals surface area contributed by atoms with Gasteiger partial charge in [-0.15, -0.1) is 0 Å². The van der Waals surface area contributed by atoms with Crippen molar-refractivity contribution in [1.82, 2.24) is 0 Å². The molecule has 0 amide bonds. The maximum atomic E-state index is 11.4. The van der Waals surface area contributed by atoms with Crippen LogP contribution in [-0.2, 0) is 14.3 Å². The van der Waals surface area contributed by atoms with Gasteiger partial charge in [0.15, 0.2) is 11.6 Å². The van der Waals surface area contributed by atoms with E-state index in [1.54, 1.807) is 12.2 Å². The minimum absolute atomic E-state index is 0.135. The lowest BCUT2D eigenvalue weighted by Gasteiger charge is -2.33. The zero-order chi connectivity index (χ0) is 15.1. The van der Waals surface area contributed by atoms with E-state index in [9.17, 15) is 9.59 Å². The van der Waals surface area contributed by atoms with Gasteiger partial charge in [-0.3, -0.25) is 9.59 Å². The van der Waals surface area contributed by atoms with Crippen LogP contribution in [0, 0.1) is 5.41 Å². The lowest BCUT2D eigenvalue weighted by molar-refractivity contribution is -0.114. The Kier molecular flexibility index (Phi) is 3.33. The highest BCUT2D eigenvalue weighted by molar-refractivity contribution is 5.94. The van der Waals surface area contributed by atoms with Crippen molar-refractivity contribution < 1.29 is 14.3 Å². The van der Waals surface area contributed by atoms with Crippen LogP contribution in [0.15, 0.2) is 47.6 Å². The fourth-order valence-corrected chi connectivity index (χ4v) is 3.45. The zero-order valence-electron chi connectivity index (χ0n) is 12.5. The van der Waals surface area contributed by atoms with Crippen LogP contribution in [0.3, 0.4) is 0 Å². The molecular weight excluding hydrogens is 264 g/mol. The Hall–Kier alpha value is -1.74. The first-order valence-electron chi connectivity index (χ1n) is 7.38. The summed E-state index contributed by atoms with van der Waals surface area (Å²) < 4.78 is 6.00. The summed E-state index contributed by atoms with van der Waals surface area (Å²) in [6.45, 7) is 4.77. The molecule has 110 valence electrons. The Morgan fingerprint density at radius 2 is 1.43 bits per heavy atom. The fraction of sp³-hybridized carbons (Fsp3) is 0.444. The third-order valence-electron chi connectivity index (χ3n) is 4.49. The maximum absolute atomic E-state index is 11.4. The molecule has 0 radical (unpaired) electrons. The highest BCUT2D eigenvalue weighted by Gasteiger charge is 2.48. The number of carbonyl (C=O) groups is 2. The number of carbonyl (C=O) groups excluding carboxylic acids is 2. The molecule has 1 fully saturated rings. The zero-order valence-corrected chi connectivity index (χ0v) is 12.5. The van der Waals surface area contributed by atoms with Gasteiger partial charge in [-0.1, -0.05) is 24.3 Å². The van der Waals surface area contributed by atoms with Crippen LogP contribution < -0.4 is 0 Å². The Bertz CT molecular complexity index is 572. The van der Waals surface area contributed by atoms with Crippen LogP contribution in [0.1, 0.15) is 33.1 Å². The van der Waals surface area contributed by atoms with Gasteiger partial charge >= 0.3 is 0 Å². The molecule has 3 rings (SSSR count). The van der Waals surface area contributed by atoms with E-state index in [2.05, 4.69) is 13.8 Å². The summed E-state index contributed by atoms with van der Waals surface area (Å²) in [5, 5.41) is 0. The van der Waals surface area contributed by atoms with Crippen molar-refractivity contribution in [2.75, 3.05) is 6.61 Å². The summed E-state index contributed by atoms with van der Waals surface area (Å²) in [4.78, 5) is 22.9. The summed E-state index contributed by atoms with van der Waals surface area (Å²) in [7, 11) is 0. The number of hydrogen-bond acceptors (Lipinski definition) is 3. The van der Waals surface area contributed by atoms with Crippen molar-refractivity contribution in [2.24, 2.45) is 5.41 Å². The summed E-state index contributed by atoms with van der Waals surface area (Å²) in [6, 6.07) is 0. The number of ketones is 2. The van der Waals surface area contributed by atoms with Gasteiger partial charge in [0.2, 0.25) is 0 Å². The molecule has 1 saturated heterocycles. The molecule has 0 N–H and O–H groups in total. The van der Waals surface area contributed by atoms with Gasteiger partial charge < -0.3 is 4.74 Å². The molecule has 0 aromatic carbocycles. The normalized spacial score (nSPS) is 26.8. The molecule has 2 aliphatic carbocycles. The predicted molar refractivity (Wildman–Crippen MR) is 80.8 cm³/mol. The second kappa shape index (κ2) is 4.92. The van der Waals surface area contributed by atoms with Gasteiger partial charge in [-0.05, 0) is 43.6 Å². The van der Waals surface area contributed by atoms with Crippen LogP contribution in [0.5, 0.6) is 0 Å². The quantitative estimate of drug-likeness (QED) is 0.782. The third-order valence-corrected chi connectivity index (χ3v) is 4.49. The van der Waals surface area contributed by atoms with Crippen LogP contribution >= 0.6 is 0 Å². The van der Waals surface area contributed by atoms with E-state index in [4.69, 9.17) is 4.74 Å². The molecule has 0 spiro atoms. The first kappa shape index (κ1) is 14.2. The fourth-order valence-electron chi connectivity index (χ4n) is 3.45. The van der Waals surface area contributed by atoms with E-state index in [0.29, 0.717) is 19.4 Å². The molecule has 3 aliphatic rings. The molecule has 0 aromatic rings. The molecule has 0 saturated carbocycles. The van der Waals surface area contributed by atoms with Crippen LogP contribution in [0.4, 0.5) is 0 Å². The number of hydrogen-bond donors (Lipinski definition) is 0. The Morgan fingerprint density at radius 1 is 0.905 bits per heavy atom. The Morgan fingerprint density at radius 3 is 1.76 bits per heavy atom. The molecular formula is C18H20O3. The van der Waals surface area contributed by atoms with E-state index >= 15 is 0 Å². The predicted octanol–water partition coefficient (Wildman–Crippen LogP) is 3.08. The Labute approximate surface area is 125 Å². The number of allylic oxidation sites excluding steroid dienone is 6. The second-order valence-corrected chi connectivity index (χ2v) is 6.63. The first-order valence-corrected chi connectivity index (χ1v) is 7.38. The first-order chi connectivity index (χ1) is 9.91. The van der Waals surface area contributed by atoms with Crippen LogP contribution in [-0.4, -0.2) is 23.8 Å². The van der Waals surface area contributed by atoms with Crippen molar-refractivity contribution in [3.63, 3.8) is 0 Å². The molecule has 0 bridgehead atoms. The summed E-state index contributed by atoms with van der Waals surface area (Å²) >= 11 is 0. The lowest BCUT2D eigenvalue weighted by Crippen LogP contribution is -2.29. The van der Waals surface area contributed by atoms with E-state index < -0.39 is 0 Å². The van der Waals surface area contributed by atoms with E-state index in [1.807, 2.05) is 24.3 Å². The third kappa shape index (κ3) is 2.58. The van der Waals surface area contributed by atoms with Crippen molar-refractivity contribution in [3.8, 4) is 0 Å². The average Bonchev–Trinajstić information content (AvgIpc) is 2.78. The van der Waals surface area contributed by atoms with E-state index in [-0.39, 0.29) is 22.6 Å². The van der Waals surface area contributed by atoms with Gasteiger partial charge in [0.05, 0.1) is 12.2 Å². The molecule has 21 heavy (non-hydrogen) atoms. The average molecular weight is 284 g/mol. The minimum atomic E-state index is -0.238. The van der Waals surface area contributed by atoms with E-state index in [1.165, 1.54) is 0 Å². The summed E-state index contributed by atoms with van der Waals surface area (Å²) in [5.41, 5.74) is 1.83.